The van der Waals surface area contributed by atoms with Crippen LogP contribution in [0.25, 0.3) is 0 Å². The van der Waals surface area contributed by atoms with Gasteiger partial charge in [-0.3, -0.25) is 0 Å². The van der Waals surface area contributed by atoms with Gasteiger partial charge in [0.25, 0.3) is 0 Å². The maximum atomic E-state index is 2.58. The van der Waals surface area contributed by atoms with E-state index in [0.29, 0.717) is 0 Å². The predicted molar refractivity (Wildman–Crippen MR) is 61.2 cm³/mol. The summed E-state index contributed by atoms with van der Waals surface area (Å²) in [6, 6.07) is 4.25. The van der Waals surface area contributed by atoms with E-state index < -0.39 is 8.07 Å². The molecule has 0 nitrogen and oxygen atoms in total. The molecular formula is C11H24Si. The maximum absolute atomic E-state index is 2.58. The molecule has 0 aromatic heterocycles. The van der Waals surface area contributed by atoms with Crippen LogP contribution in [0.15, 0.2) is 11.8 Å². The molecule has 0 aromatic rings. The van der Waals surface area contributed by atoms with Crippen molar-refractivity contribution in [3.05, 3.63) is 11.8 Å². The van der Waals surface area contributed by atoms with Crippen LogP contribution in [0, 0.1) is 0 Å². The van der Waals surface area contributed by atoms with Crippen LogP contribution in [0.4, 0.5) is 0 Å². The average Bonchev–Trinajstić information content (AvgIpc) is 2.14. The van der Waals surface area contributed by atoms with E-state index in [1.165, 1.54) is 31.0 Å². The van der Waals surface area contributed by atoms with Crippen molar-refractivity contribution in [1.29, 1.82) is 0 Å². The SMILES string of the molecule is CCCC=C[Si](CC)(CC)CC. The summed E-state index contributed by atoms with van der Waals surface area (Å²) in [6.07, 6.45) is 4.98. The molecule has 0 radical (unpaired) electrons. The second-order valence-corrected chi connectivity index (χ2v) is 8.79. The standard InChI is InChI=1S/C11H24Si/c1-5-9-10-11-12(6-2,7-3)8-4/h10-11H,5-9H2,1-4H3. The molecule has 1 heteroatoms. The molecule has 12 heavy (non-hydrogen) atoms. The summed E-state index contributed by atoms with van der Waals surface area (Å²) in [5.74, 6) is 0. The first-order chi connectivity index (χ1) is 5.74. The molecule has 0 unspecified atom stereocenters. The largest absolute Gasteiger partial charge is 0.0981 e. The van der Waals surface area contributed by atoms with Crippen molar-refractivity contribution in [3.8, 4) is 0 Å². The van der Waals surface area contributed by atoms with E-state index >= 15 is 0 Å². The summed E-state index contributed by atoms with van der Waals surface area (Å²) in [5.41, 5.74) is 2.58. The van der Waals surface area contributed by atoms with E-state index in [9.17, 15) is 0 Å². The summed E-state index contributed by atoms with van der Waals surface area (Å²) in [7, 11) is -0.935. The Morgan fingerprint density at radius 1 is 0.917 bits per heavy atom. The van der Waals surface area contributed by atoms with Gasteiger partial charge in [0.05, 0.1) is 8.07 Å². The summed E-state index contributed by atoms with van der Waals surface area (Å²) in [5, 5.41) is 0. The first-order valence-corrected chi connectivity index (χ1v) is 8.12. The number of hydrogen-bond donors (Lipinski definition) is 0. The Balaban J connectivity index is 4.09. The highest BCUT2D eigenvalue weighted by molar-refractivity contribution is 6.84. The van der Waals surface area contributed by atoms with Crippen molar-refractivity contribution in [2.45, 2.75) is 58.7 Å². The number of allylic oxidation sites excluding steroid dienone is 1. The molecule has 0 amide bonds. The number of unbranched alkanes of at least 4 members (excludes halogenated alkanes) is 1. The highest BCUT2D eigenvalue weighted by Crippen LogP contribution is 2.21. The fraction of sp³-hybridized carbons (Fsp3) is 0.818. The van der Waals surface area contributed by atoms with Crippen LogP contribution in [0.1, 0.15) is 40.5 Å². The van der Waals surface area contributed by atoms with Crippen LogP contribution < -0.4 is 0 Å². The fourth-order valence-electron chi connectivity index (χ4n) is 1.60. The lowest BCUT2D eigenvalue weighted by atomic mass is 10.3. The van der Waals surface area contributed by atoms with Gasteiger partial charge in [0, 0.05) is 0 Å². The van der Waals surface area contributed by atoms with E-state index in [-0.39, 0.29) is 0 Å². The predicted octanol–water partition coefficient (Wildman–Crippen LogP) is 4.39. The van der Waals surface area contributed by atoms with Gasteiger partial charge in [0.1, 0.15) is 0 Å². The van der Waals surface area contributed by atoms with Gasteiger partial charge in [0.2, 0.25) is 0 Å². The van der Waals surface area contributed by atoms with E-state index in [2.05, 4.69) is 39.5 Å². The molecule has 0 aliphatic rings. The lowest BCUT2D eigenvalue weighted by Crippen LogP contribution is -2.28. The molecule has 0 rings (SSSR count). The number of rotatable bonds is 6. The third kappa shape index (κ3) is 3.57. The van der Waals surface area contributed by atoms with Crippen LogP contribution in [0.3, 0.4) is 0 Å². The molecule has 0 saturated heterocycles. The molecular weight excluding hydrogens is 160 g/mol. The van der Waals surface area contributed by atoms with Crippen molar-refractivity contribution < 1.29 is 0 Å². The molecule has 0 N–H and O–H groups in total. The van der Waals surface area contributed by atoms with Crippen LogP contribution in [-0.2, 0) is 0 Å². The van der Waals surface area contributed by atoms with E-state index in [4.69, 9.17) is 0 Å². The lowest BCUT2D eigenvalue weighted by molar-refractivity contribution is 0.958. The minimum absolute atomic E-state index is 0.935. The second-order valence-electron chi connectivity index (χ2n) is 3.61. The summed E-state index contributed by atoms with van der Waals surface area (Å²) < 4.78 is 0. The Morgan fingerprint density at radius 3 is 1.75 bits per heavy atom. The van der Waals surface area contributed by atoms with Gasteiger partial charge < -0.3 is 0 Å². The molecule has 0 fully saturated rings. The second kappa shape index (κ2) is 6.47. The molecule has 0 heterocycles. The highest BCUT2D eigenvalue weighted by atomic mass is 28.3. The average molecular weight is 184 g/mol. The van der Waals surface area contributed by atoms with Gasteiger partial charge in [-0.25, -0.2) is 0 Å². The number of hydrogen-bond acceptors (Lipinski definition) is 0. The van der Waals surface area contributed by atoms with E-state index in [1.54, 1.807) is 0 Å². The Morgan fingerprint density at radius 2 is 1.42 bits per heavy atom. The molecule has 0 aliphatic heterocycles. The van der Waals surface area contributed by atoms with Crippen molar-refractivity contribution in [1.82, 2.24) is 0 Å². The zero-order valence-electron chi connectivity index (χ0n) is 9.19. The van der Waals surface area contributed by atoms with Gasteiger partial charge in [-0.1, -0.05) is 64.0 Å². The fourth-order valence-corrected chi connectivity index (χ4v) is 4.48. The topological polar surface area (TPSA) is 0 Å². The van der Waals surface area contributed by atoms with Crippen LogP contribution >= 0.6 is 0 Å². The maximum Gasteiger partial charge on any atom is 0.0766 e. The van der Waals surface area contributed by atoms with Crippen molar-refractivity contribution in [2.75, 3.05) is 0 Å². The van der Waals surface area contributed by atoms with Gasteiger partial charge in [-0.15, -0.1) is 0 Å². The monoisotopic (exact) mass is 184 g/mol. The lowest BCUT2D eigenvalue weighted by Gasteiger charge is -2.23. The molecule has 72 valence electrons. The molecule has 0 bridgehead atoms. The smallest absolute Gasteiger partial charge is 0.0766 e. The Hall–Kier alpha value is -0.0431. The van der Waals surface area contributed by atoms with Gasteiger partial charge >= 0.3 is 0 Å². The summed E-state index contributed by atoms with van der Waals surface area (Å²) >= 11 is 0. The highest BCUT2D eigenvalue weighted by Gasteiger charge is 2.22. The minimum atomic E-state index is -0.935. The first kappa shape index (κ1) is 12.0. The van der Waals surface area contributed by atoms with Crippen LogP contribution in [0.2, 0.25) is 18.1 Å². The zero-order valence-corrected chi connectivity index (χ0v) is 10.2. The van der Waals surface area contributed by atoms with Crippen molar-refractivity contribution in [3.63, 3.8) is 0 Å². The first-order valence-electron chi connectivity index (χ1n) is 5.42. The quantitative estimate of drug-likeness (QED) is 0.537. The van der Waals surface area contributed by atoms with E-state index in [0.717, 1.165) is 0 Å². The third-order valence-corrected chi connectivity index (χ3v) is 8.21. The third-order valence-electron chi connectivity index (χ3n) is 3.04. The van der Waals surface area contributed by atoms with Crippen molar-refractivity contribution >= 4 is 8.07 Å². The van der Waals surface area contributed by atoms with Crippen LogP contribution in [0.5, 0.6) is 0 Å². The molecule has 0 aliphatic carbocycles. The zero-order chi connectivity index (χ0) is 9.45. The van der Waals surface area contributed by atoms with E-state index in [1.807, 2.05) is 0 Å². The minimum Gasteiger partial charge on any atom is -0.0981 e. The van der Waals surface area contributed by atoms with Gasteiger partial charge in [-0.2, -0.15) is 0 Å². The molecule has 0 saturated carbocycles. The van der Waals surface area contributed by atoms with Crippen molar-refractivity contribution in [2.24, 2.45) is 0 Å². The van der Waals surface area contributed by atoms with Crippen LogP contribution in [-0.4, -0.2) is 8.07 Å². The van der Waals surface area contributed by atoms with Gasteiger partial charge in [0.15, 0.2) is 0 Å². The molecule has 0 atom stereocenters. The molecule has 0 aromatic carbocycles. The Labute approximate surface area is 79.1 Å². The van der Waals surface area contributed by atoms with Gasteiger partial charge in [-0.05, 0) is 6.42 Å². The molecule has 0 spiro atoms. The summed E-state index contributed by atoms with van der Waals surface area (Å²) in [4.78, 5) is 0. The Kier molecular flexibility index (Phi) is 6.45. The summed E-state index contributed by atoms with van der Waals surface area (Å²) in [6.45, 7) is 9.32. The normalized spacial score (nSPS) is 12.7. The Bertz CT molecular complexity index is 115.